The third kappa shape index (κ3) is 4.63. The molecule has 0 fully saturated rings. The van der Waals surface area contributed by atoms with Crippen molar-refractivity contribution in [1.29, 1.82) is 5.26 Å². The molecule has 0 unspecified atom stereocenters. The van der Waals surface area contributed by atoms with Crippen LogP contribution in [0, 0.1) is 11.3 Å². The van der Waals surface area contributed by atoms with Gasteiger partial charge in [-0.2, -0.15) is 5.26 Å². The molecule has 0 aromatic heterocycles. The maximum absolute atomic E-state index is 8.07. The van der Waals surface area contributed by atoms with E-state index >= 15 is 0 Å². The van der Waals surface area contributed by atoms with E-state index < -0.39 is 0 Å². The molecule has 0 bridgehead atoms. The van der Waals surface area contributed by atoms with E-state index in [1.54, 1.807) is 6.08 Å². The summed E-state index contributed by atoms with van der Waals surface area (Å²) in [6.45, 7) is 1.93. The van der Waals surface area contributed by atoms with Crippen LogP contribution in [0.1, 0.15) is 6.92 Å². The average Bonchev–Trinajstić information content (AvgIpc) is 1.89. The Hall–Kier alpha value is -1.23. The highest BCUT2D eigenvalue weighted by Crippen LogP contribution is 1.83. The molecule has 0 aliphatic carbocycles. The monoisotopic (exact) mass is 122 g/mol. The second-order valence-corrected chi connectivity index (χ2v) is 1.59. The van der Waals surface area contributed by atoms with Gasteiger partial charge in [0.1, 0.15) is 0 Å². The van der Waals surface area contributed by atoms with E-state index in [4.69, 9.17) is 5.26 Å². The third-order valence-electron chi connectivity index (χ3n) is 0.911. The second-order valence-electron chi connectivity index (χ2n) is 1.59. The molecule has 0 amide bonds. The van der Waals surface area contributed by atoms with Crippen molar-refractivity contribution < 1.29 is 0 Å². The van der Waals surface area contributed by atoms with Crippen LogP contribution in [0.3, 0.4) is 0 Å². The molecule has 2 heteroatoms. The largest absolute Gasteiger partial charge is 0.392 e. The Morgan fingerprint density at radius 3 is 2.78 bits per heavy atom. The smallest absolute Gasteiger partial charge is 0.0912 e. The number of hydrogen-bond acceptors (Lipinski definition) is 2. The van der Waals surface area contributed by atoms with Crippen LogP contribution in [0.15, 0.2) is 23.9 Å². The number of nitrogens with zero attached hydrogens (tertiary/aromatic N) is 1. The lowest BCUT2D eigenvalue weighted by atomic mass is 10.4. The van der Waals surface area contributed by atoms with Gasteiger partial charge < -0.3 is 5.32 Å². The number of nitriles is 1. The molecule has 0 atom stereocenters. The van der Waals surface area contributed by atoms with E-state index in [1.807, 2.05) is 26.1 Å². The van der Waals surface area contributed by atoms with Crippen molar-refractivity contribution in [2.24, 2.45) is 0 Å². The van der Waals surface area contributed by atoms with Gasteiger partial charge in [-0.15, -0.1) is 0 Å². The van der Waals surface area contributed by atoms with Crippen LogP contribution in [-0.2, 0) is 0 Å². The predicted octanol–water partition coefficient (Wildman–Crippen LogP) is 1.19. The van der Waals surface area contributed by atoms with Crippen LogP contribution in [0.25, 0.3) is 0 Å². The zero-order valence-electron chi connectivity index (χ0n) is 5.68. The molecule has 0 rings (SSSR count). The number of nitrogens with one attached hydrogen (secondary N) is 1. The average molecular weight is 122 g/mol. The van der Waals surface area contributed by atoms with Crippen LogP contribution in [0.4, 0.5) is 0 Å². The minimum atomic E-state index is 1.04. The standard InChI is InChI=1S/C7H10N2/c1-7(9-2)5-3-4-6-8/h3-5,9H,1-2H3/b4-3-,7-5-. The van der Waals surface area contributed by atoms with Crippen molar-refractivity contribution >= 4 is 0 Å². The minimum Gasteiger partial charge on any atom is -0.392 e. The Balaban J connectivity index is 3.72. The molecule has 0 spiro atoms. The molecular formula is C7H10N2. The number of rotatable bonds is 2. The summed E-state index contributed by atoms with van der Waals surface area (Å²) in [5, 5.41) is 11.0. The van der Waals surface area contributed by atoms with Gasteiger partial charge in [0.25, 0.3) is 0 Å². The fraction of sp³-hybridized carbons (Fsp3) is 0.286. The van der Waals surface area contributed by atoms with Crippen molar-refractivity contribution in [2.75, 3.05) is 7.05 Å². The molecule has 2 nitrogen and oxygen atoms in total. The highest BCUT2D eigenvalue weighted by Gasteiger charge is 1.73. The van der Waals surface area contributed by atoms with E-state index in [-0.39, 0.29) is 0 Å². The van der Waals surface area contributed by atoms with E-state index in [1.165, 1.54) is 6.08 Å². The Morgan fingerprint density at radius 2 is 2.33 bits per heavy atom. The number of hydrogen-bond donors (Lipinski definition) is 1. The molecule has 0 saturated carbocycles. The van der Waals surface area contributed by atoms with Gasteiger partial charge in [-0.25, -0.2) is 0 Å². The Morgan fingerprint density at radius 1 is 1.67 bits per heavy atom. The molecule has 0 radical (unpaired) electrons. The lowest BCUT2D eigenvalue weighted by molar-refractivity contribution is 0.990. The molecule has 0 aromatic carbocycles. The summed E-state index contributed by atoms with van der Waals surface area (Å²) in [6.07, 6.45) is 4.97. The third-order valence-corrected chi connectivity index (χ3v) is 0.911. The first-order valence-corrected chi connectivity index (χ1v) is 2.72. The van der Waals surface area contributed by atoms with E-state index in [9.17, 15) is 0 Å². The lowest BCUT2D eigenvalue weighted by Crippen LogP contribution is -2.00. The summed E-state index contributed by atoms with van der Waals surface area (Å²) < 4.78 is 0. The molecule has 9 heavy (non-hydrogen) atoms. The first kappa shape index (κ1) is 7.77. The van der Waals surface area contributed by atoms with Gasteiger partial charge in [0.2, 0.25) is 0 Å². The summed E-state index contributed by atoms with van der Waals surface area (Å²) in [5.74, 6) is 0. The molecule has 0 heterocycles. The number of allylic oxidation sites excluding steroid dienone is 4. The molecule has 0 saturated heterocycles. The van der Waals surface area contributed by atoms with Gasteiger partial charge in [-0.05, 0) is 13.0 Å². The van der Waals surface area contributed by atoms with Gasteiger partial charge in [0.05, 0.1) is 6.07 Å². The molecule has 0 aliphatic heterocycles. The Labute approximate surface area is 55.5 Å². The van der Waals surface area contributed by atoms with Gasteiger partial charge in [-0.3, -0.25) is 0 Å². The van der Waals surface area contributed by atoms with Crippen LogP contribution in [-0.4, -0.2) is 7.05 Å². The highest BCUT2D eigenvalue weighted by atomic mass is 14.8. The van der Waals surface area contributed by atoms with E-state index in [0.29, 0.717) is 0 Å². The van der Waals surface area contributed by atoms with Crippen LogP contribution < -0.4 is 5.32 Å². The Bertz CT molecular complexity index is 160. The van der Waals surface area contributed by atoms with Crippen molar-refractivity contribution in [2.45, 2.75) is 6.92 Å². The molecule has 48 valence electrons. The van der Waals surface area contributed by atoms with Gasteiger partial charge >= 0.3 is 0 Å². The van der Waals surface area contributed by atoms with E-state index in [0.717, 1.165) is 5.70 Å². The Kier molecular flexibility index (Phi) is 4.25. The normalized spacial score (nSPS) is 11.4. The van der Waals surface area contributed by atoms with Crippen LogP contribution in [0.5, 0.6) is 0 Å². The minimum absolute atomic E-state index is 1.04. The first-order valence-electron chi connectivity index (χ1n) is 2.72. The maximum atomic E-state index is 8.07. The summed E-state index contributed by atoms with van der Waals surface area (Å²) in [7, 11) is 1.84. The van der Waals surface area contributed by atoms with Crippen molar-refractivity contribution in [3.8, 4) is 6.07 Å². The summed E-state index contributed by atoms with van der Waals surface area (Å²) in [4.78, 5) is 0. The molecule has 1 N–H and O–H groups in total. The van der Waals surface area contributed by atoms with Gasteiger partial charge in [0, 0.05) is 18.8 Å². The van der Waals surface area contributed by atoms with E-state index in [2.05, 4.69) is 5.32 Å². The van der Waals surface area contributed by atoms with Crippen LogP contribution >= 0.6 is 0 Å². The predicted molar refractivity (Wildman–Crippen MR) is 37.6 cm³/mol. The maximum Gasteiger partial charge on any atom is 0.0912 e. The zero-order chi connectivity index (χ0) is 7.11. The topological polar surface area (TPSA) is 35.8 Å². The molecule has 0 aromatic rings. The highest BCUT2D eigenvalue weighted by molar-refractivity contribution is 5.14. The summed E-state index contributed by atoms with van der Waals surface area (Å²) in [6, 6.07) is 1.89. The van der Waals surface area contributed by atoms with Gasteiger partial charge in [-0.1, -0.05) is 6.08 Å². The molecular weight excluding hydrogens is 112 g/mol. The summed E-state index contributed by atoms with van der Waals surface area (Å²) in [5.41, 5.74) is 1.04. The SMILES string of the molecule is CN/C(C)=C\C=C/C#N. The quantitative estimate of drug-likeness (QED) is 0.441. The fourth-order valence-electron chi connectivity index (χ4n) is 0.319. The zero-order valence-corrected chi connectivity index (χ0v) is 5.68. The van der Waals surface area contributed by atoms with Gasteiger partial charge in [0.15, 0.2) is 0 Å². The lowest BCUT2D eigenvalue weighted by Gasteiger charge is -1.92. The summed E-state index contributed by atoms with van der Waals surface area (Å²) >= 11 is 0. The van der Waals surface area contributed by atoms with Crippen molar-refractivity contribution in [1.82, 2.24) is 5.32 Å². The van der Waals surface area contributed by atoms with Crippen molar-refractivity contribution in [3.05, 3.63) is 23.9 Å². The first-order chi connectivity index (χ1) is 4.31. The second kappa shape index (κ2) is 4.92. The van der Waals surface area contributed by atoms with Crippen molar-refractivity contribution in [3.63, 3.8) is 0 Å². The van der Waals surface area contributed by atoms with Crippen LogP contribution in [0.2, 0.25) is 0 Å². The fourth-order valence-corrected chi connectivity index (χ4v) is 0.319. The molecule has 0 aliphatic rings.